The van der Waals surface area contributed by atoms with E-state index in [1.165, 1.54) is 19.3 Å². The standard InChI is InChI=1S/C13H27N3O2/c1-4-6-7-8-9-10-11(17)15-13(3,5-2)12(14)16-18/h18H,4-10H2,1-3H3,(H2,14,16)(H,15,17). The van der Waals surface area contributed by atoms with Gasteiger partial charge in [-0.1, -0.05) is 44.7 Å². The maximum atomic E-state index is 11.8. The number of hydrogen-bond acceptors (Lipinski definition) is 3. The Morgan fingerprint density at radius 1 is 1.28 bits per heavy atom. The van der Waals surface area contributed by atoms with Crippen molar-refractivity contribution < 1.29 is 10.0 Å². The van der Waals surface area contributed by atoms with Gasteiger partial charge in [-0.3, -0.25) is 4.79 Å². The number of nitrogens with one attached hydrogen (secondary N) is 1. The topological polar surface area (TPSA) is 87.7 Å². The molecule has 1 atom stereocenters. The summed E-state index contributed by atoms with van der Waals surface area (Å²) in [6.45, 7) is 5.81. The molecule has 18 heavy (non-hydrogen) atoms. The Hall–Kier alpha value is -1.26. The van der Waals surface area contributed by atoms with Crippen LogP contribution in [0.1, 0.15) is 65.7 Å². The Morgan fingerprint density at radius 3 is 2.39 bits per heavy atom. The molecule has 0 aromatic carbocycles. The van der Waals surface area contributed by atoms with Crippen molar-refractivity contribution in [1.82, 2.24) is 5.32 Å². The van der Waals surface area contributed by atoms with Gasteiger partial charge in [0.25, 0.3) is 0 Å². The van der Waals surface area contributed by atoms with Gasteiger partial charge < -0.3 is 16.3 Å². The van der Waals surface area contributed by atoms with Crippen LogP contribution in [0.3, 0.4) is 0 Å². The zero-order chi connectivity index (χ0) is 14.0. The average molecular weight is 257 g/mol. The zero-order valence-corrected chi connectivity index (χ0v) is 11.8. The Balaban J connectivity index is 4.05. The van der Waals surface area contributed by atoms with Crippen molar-refractivity contribution in [3.05, 3.63) is 0 Å². The van der Waals surface area contributed by atoms with E-state index in [-0.39, 0.29) is 11.7 Å². The summed E-state index contributed by atoms with van der Waals surface area (Å²) >= 11 is 0. The minimum absolute atomic E-state index is 0.0394. The van der Waals surface area contributed by atoms with E-state index in [9.17, 15) is 4.79 Å². The minimum Gasteiger partial charge on any atom is -0.409 e. The summed E-state index contributed by atoms with van der Waals surface area (Å²) in [7, 11) is 0. The van der Waals surface area contributed by atoms with Gasteiger partial charge in [-0.15, -0.1) is 0 Å². The largest absolute Gasteiger partial charge is 0.409 e. The lowest BCUT2D eigenvalue weighted by molar-refractivity contribution is -0.122. The molecule has 0 aliphatic heterocycles. The number of hydrogen-bond donors (Lipinski definition) is 3. The quantitative estimate of drug-likeness (QED) is 0.195. The molecule has 0 spiro atoms. The smallest absolute Gasteiger partial charge is 0.220 e. The molecule has 0 bridgehead atoms. The highest BCUT2D eigenvalue weighted by molar-refractivity contribution is 5.93. The molecule has 0 aliphatic carbocycles. The van der Waals surface area contributed by atoms with Crippen molar-refractivity contribution in [2.45, 2.75) is 71.3 Å². The van der Waals surface area contributed by atoms with Gasteiger partial charge in [0.15, 0.2) is 5.84 Å². The molecule has 106 valence electrons. The van der Waals surface area contributed by atoms with Gasteiger partial charge >= 0.3 is 0 Å². The highest BCUT2D eigenvalue weighted by Gasteiger charge is 2.29. The molecule has 0 fully saturated rings. The third-order valence-electron chi connectivity index (χ3n) is 3.30. The summed E-state index contributed by atoms with van der Waals surface area (Å²) in [5, 5.41) is 14.5. The molecule has 0 saturated carbocycles. The fourth-order valence-corrected chi connectivity index (χ4v) is 1.70. The second kappa shape index (κ2) is 8.78. The zero-order valence-electron chi connectivity index (χ0n) is 11.8. The number of oxime groups is 1. The van der Waals surface area contributed by atoms with Crippen LogP contribution in [0.25, 0.3) is 0 Å². The van der Waals surface area contributed by atoms with E-state index in [4.69, 9.17) is 10.9 Å². The van der Waals surface area contributed by atoms with Crippen molar-refractivity contribution >= 4 is 11.7 Å². The maximum Gasteiger partial charge on any atom is 0.220 e. The number of nitrogens with two attached hydrogens (primary N) is 1. The molecule has 0 aliphatic rings. The summed E-state index contributed by atoms with van der Waals surface area (Å²) in [5.74, 6) is 0.00628. The summed E-state index contributed by atoms with van der Waals surface area (Å²) in [5.41, 5.74) is 4.84. The first-order valence-corrected chi connectivity index (χ1v) is 6.79. The van der Waals surface area contributed by atoms with Crippen LogP contribution < -0.4 is 11.1 Å². The maximum absolute atomic E-state index is 11.8. The fourth-order valence-electron chi connectivity index (χ4n) is 1.70. The monoisotopic (exact) mass is 257 g/mol. The van der Waals surface area contributed by atoms with E-state index in [2.05, 4.69) is 17.4 Å². The molecule has 0 rings (SSSR count). The summed E-state index contributed by atoms with van der Waals surface area (Å²) in [6, 6.07) is 0. The van der Waals surface area contributed by atoms with Crippen LogP contribution >= 0.6 is 0 Å². The molecule has 0 aromatic rings. The van der Waals surface area contributed by atoms with Gasteiger partial charge in [0.1, 0.15) is 0 Å². The number of amides is 1. The highest BCUT2D eigenvalue weighted by atomic mass is 16.4. The van der Waals surface area contributed by atoms with E-state index >= 15 is 0 Å². The molecule has 0 saturated heterocycles. The molecule has 1 amide bonds. The van der Waals surface area contributed by atoms with E-state index in [0.29, 0.717) is 12.8 Å². The third kappa shape index (κ3) is 5.89. The third-order valence-corrected chi connectivity index (χ3v) is 3.30. The Morgan fingerprint density at radius 2 is 1.89 bits per heavy atom. The fraction of sp³-hybridized carbons (Fsp3) is 0.846. The number of rotatable bonds is 9. The van der Waals surface area contributed by atoms with Crippen molar-refractivity contribution in [1.29, 1.82) is 0 Å². The molecular weight excluding hydrogens is 230 g/mol. The van der Waals surface area contributed by atoms with Gasteiger partial charge in [0.2, 0.25) is 5.91 Å². The molecule has 0 heterocycles. The lowest BCUT2D eigenvalue weighted by Crippen LogP contribution is -2.55. The van der Waals surface area contributed by atoms with Crippen LogP contribution in [0.15, 0.2) is 5.16 Å². The SMILES string of the molecule is CCCCCCCC(=O)NC(C)(CC)/C(N)=N/O. The predicted molar refractivity (Wildman–Crippen MR) is 73.6 cm³/mol. The van der Waals surface area contributed by atoms with Crippen molar-refractivity contribution in [3.63, 3.8) is 0 Å². The molecule has 5 heteroatoms. The lowest BCUT2D eigenvalue weighted by atomic mass is 9.97. The van der Waals surface area contributed by atoms with Gasteiger partial charge in [0.05, 0.1) is 5.54 Å². The summed E-state index contributed by atoms with van der Waals surface area (Å²) < 4.78 is 0. The van der Waals surface area contributed by atoms with Crippen LogP contribution in [-0.2, 0) is 4.79 Å². The van der Waals surface area contributed by atoms with Gasteiger partial charge in [0, 0.05) is 6.42 Å². The Kier molecular flexibility index (Phi) is 8.16. The van der Waals surface area contributed by atoms with Crippen LogP contribution in [-0.4, -0.2) is 22.5 Å². The second-order valence-corrected chi connectivity index (χ2v) is 4.88. The predicted octanol–water partition coefficient (Wildman–Crippen LogP) is 2.38. The molecule has 0 radical (unpaired) electrons. The number of carbonyl (C=O) groups excluding carboxylic acids is 1. The summed E-state index contributed by atoms with van der Waals surface area (Å²) in [4.78, 5) is 11.8. The van der Waals surface area contributed by atoms with Crippen molar-refractivity contribution in [2.24, 2.45) is 10.9 Å². The van der Waals surface area contributed by atoms with Crippen LogP contribution in [0.2, 0.25) is 0 Å². The van der Waals surface area contributed by atoms with Crippen LogP contribution in [0.5, 0.6) is 0 Å². The van der Waals surface area contributed by atoms with Gasteiger partial charge in [-0.2, -0.15) is 0 Å². The van der Waals surface area contributed by atoms with Gasteiger partial charge in [-0.05, 0) is 19.8 Å². The number of nitrogens with zero attached hydrogens (tertiary/aromatic N) is 1. The average Bonchev–Trinajstić information content (AvgIpc) is 2.37. The van der Waals surface area contributed by atoms with Crippen molar-refractivity contribution in [2.75, 3.05) is 0 Å². The first kappa shape index (κ1) is 16.7. The number of unbranched alkanes of at least 4 members (excludes halogenated alkanes) is 4. The minimum atomic E-state index is -0.755. The van der Waals surface area contributed by atoms with Crippen LogP contribution in [0, 0.1) is 0 Å². The lowest BCUT2D eigenvalue weighted by Gasteiger charge is -2.28. The molecule has 4 N–H and O–H groups in total. The first-order chi connectivity index (χ1) is 8.50. The van der Waals surface area contributed by atoms with Crippen molar-refractivity contribution in [3.8, 4) is 0 Å². The summed E-state index contributed by atoms with van der Waals surface area (Å²) in [6.07, 6.45) is 6.65. The normalized spacial score (nSPS) is 15.2. The van der Waals surface area contributed by atoms with E-state index in [1.54, 1.807) is 6.92 Å². The number of carbonyl (C=O) groups is 1. The molecule has 0 aromatic heterocycles. The van der Waals surface area contributed by atoms with Crippen LogP contribution in [0.4, 0.5) is 0 Å². The second-order valence-electron chi connectivity index (χ2n) is 4.88. The molecular formula is C13H27N3O2. The Bertz CT molecular complexity index is 279. The van der Waals surface area contributed by atoms with E-state index in [0.717, 1.165) is 12.8 Å². The first-order valence-electron chi connectivity index (χ1n) is 6.79. The van der Waals surface area contributed by atoms with Gasteiger partial charge in [-0.25, -0.2) is 0 Å². The molecule has 5 nitrogen and oxygen atoms in total. The van der Waals surface area contributed by atoms with E-state index < -0.39 is 5.54 Å². The van der Waals surface area contributed by atoms with E-state index in [1.807, 2.05) is 6.92 Å². The Labute approximate surface area is 110 Å². The number of amidine groups is 1. The highest BCUT2D eigenvalue weighted by Crippen LogP contribution is 2.11. The molecule has 1 unspecified atom stereocenters.